The summed E-state index contributed by atoms with van der Waals surface area (Å²) in [5, 5.41) is 8.77. The van der Waals surface area contributed by atoms with Crippen LogP contribution in [-0.4, -0.2) is 27.3 Å². The maximum absolute atomic E-state index is 10.7. The van der Waals surface area contributed by atoms with Crippen molar-refractivity contribution < 1.29 is 14.7 Å². The number of hydrogen-bond donors (Lipinski definition) is 1. The molecule has 1 radical (unpaired) electrons. The minimum atomic E-state index is -1.29. The molecule has 0 aliphatic rings. The van der Waals surface area contributed by atoms with Gasteiger partial charge in [0.2, 0.25) is 0 Å². The lowest BCUT2D eigenvalue weighted by molar-refractivity contribution is 0.0690. The molecule has 1 aromatic carbocycles. The second-order valence-corrected chi connectivity index (χ2v) is 2.82. The highest BCUT2D eigenvalue weighted by molar-refractivity contribution is 5.96. The fourth-order valence-corrected chi connectivity index (χ4v) is 1.22. The molecule has 2 rings (SSSR count). The van der Waals surface area contributed by atoms with E-state index in [9.17, 15) is 9.59 Å². The van der Waals surface area contributed by atoms with E-state index in [0.717, 1.165) is 0 Å². The molecule has 0 fully saturated rings. The van der Waals surface area contributed by atoms with Gasteiger partial charge in [-0.3, -0.25) is 4.79 Å². The Bertz CT molecular complexity index is 551. The van der Waals surface area contributed by atoms with Gasteiger partial charge >= 0.3 is 5.97 Å². The lowest BCUT2D eigenvalue weighted by Gasteiger charge is -2.00. The molecular weight excluding hydrogens is 196 g/mol. The molecule has 73 valence electrons. The number of carbonyl (C=O) groups excluding carboxylic acids is 1. The molecular formula is C10H5N2O3. The summed E-state index contributed by atoms with van der Waals surface area (Å²) in [4.78, 5) is 28.9. The third-order valence-corrected chi connectivity index (χ3v) is 1.87. The fourth-order valence-electron chi connectivity index (χ4n) is 1.22. The second-order valence-electron chi connectivity index (χ2n) is 2.82. The quantitative estimate of drug-likeness (QED) is 0.776. The summed E-state index contributed by atoms with van der Waals surface area (Å²) in [5.41, 5.74) is 0.264. The second kappa shape index (κ2) is 3.45. The molecule has 0 bridgehead atoms. The van der Waals surface area contributed by atoms with Gasteiger partial charge in [-0.05, 0) is 12.1 Å². The van der Waals surface area contributed by atoms with Crippen LogP contribution in [0.2, 0.25) is 0 Å². The molecule has 0 amide bonds. The molecule has 1 N–H and O–H groups in total. The summed E-state index contributed by atoms with van der Waals surface area (Å²) >= 11 is 0. The smallest absolute Gasteiger partial charge is 0.356 e. The van der Waals surface area contributed by atoms with Gasteiger partial charge in [0.1, 0.15) is 5.69 Å². The predicted molar refractivity (Wildman–Crippen MR) is 51.3 cm³/mol. The highest BCUT2D eigenvalue weighted by atomic mass is 16.4. The Morgan fingerprint density at radius 1 is 1.20 bits per heavy atom. The number of rotatable bonds is 2. The minimum Gasteiger partial charge on any atom is -0.476 e. The molecule has 5 heteroatoms. The predicted octanol–water partition coefficient (Wildman–Crippen LogP) is 0.786. The number of carbonyl (C=O) groups is 1. The summed E-state index contributed by atoms with van der Waals surface area (Å²) in [6, 6.07) is 6.72. The molecule has 0 spiro atoms. The summed E-state index contributed by atoms with van der Waals surface area (Å²) in [6.45, 7) is 0. The number of carboxylic acids is 1. The van der Waals surface area contributed by atoms with Crippen LogP contribution >= 0.6 is 0 Å². The fraction of sp³-hybridized carbons (Fsp3) is 0. The van der Waals surface area contributed by atoms with Crippen LogP contribution in [-0.2, 0) is 4.79 Å². The normalized spacial score (nSPS) is 10.1. The molecule has 5 nitrogen and oxygen atoms in total. The zero-order valence-electron chi connectivity index (χ0n) is 7.47. The van der Waals surface area contributed by atoms with Crippen molar-refractivity contribution in [2.75, 3.05) is 0 Å². The topological polar surface area (TPSA) is 80.2 Å². The first-order valence-corrected chi connectivity index (χ1v) is 4.10. The van der Waals surface area contributed by atoms with Crippen molar-refractivity contribution in [1.82, 2.24) is 9.97 Å². The van der Waals surface area contributed by atoms with Crippen molar-refractivity contribution in [1.29, 1.82) is 0 Å². The SMILES string of the molecule is O=[C]c1nc2ccccc2nc1C(=O)O. The lowest BCUT2D eigenvalue weighted by atomic mass is 10.2. The average molecular weight is 201 g/mol. The van der Waals surface area contributed by atoms with Crippen LogP contribution in [0.4, 0.5) is 0 Å². The Balaban J connectivity index is 2.80. The van der Waals surface area contributed by atoms with Gasteiger partial charge in [0.25, 0.3) is 6.29 Å². The Morgan fingerprint density at radius 2 is 1.80 bits per heavy atom. The number of para-hydroxylation sites is 2. The highest BCUT2D eigenvalue weighted by Crippen LogP contribution is 2.11. The number of hydrogen-bond acceptors (Lipinski definition) is 4. The zero-order chi connectivity index (χ0) is 10.8. The van der Waals surface area contributed by atoms with Gasteiger partial charge in [0, 0.05) is 0 Å². The first-order chi connectivity index (χ1) is 7.22. The molecule has 0 aliphatic heterocycles. The van der Waals surface area contributed by atoms with Crippen molar-refractivity contribution >= 4 is 23.3 Å². The van der Waals surface area contributed by atoms with Crippen LogP contribution in [0.25, 0.3) is 11.0 Å². The van der Waals surface area contributed by atoms with E-state index < -0.39 is 5.97 Å². The van der Waals surface area contributed by atoms with Crippen molar-refractivity contribution in [3.8, 4) is 0 Å². The van der Waals surface area contributed by atoms with E-state index in [4.69, 9.17) is 5.11 Å². The van der Waals surface area contributed by atoms with E-state index in [1.54, 1.807) is 24.3 Å². The maximum Gasteiger partial charge on any atom is 0.356 e. The summed E-state index contributed by atoms with van der Waals surface area (Å²) < 4.78 is 0. The van der Waals surface area contributed by atoms with E-state index in [2.05, 4.69) is 9.97 Å². The van der Waals surface area contributed by atoms with E-state index >= 15 is 0 Å². The Morgan fingerprint density at radius 3 is 2.33 bits per heavy atom. The van der Waals surface area contributed by atoms with E-state index in [-0.39, 0.29) is 11.4 Å². The van der Waals surface area contributed by atoms with Gasteiger partial charge in [-0.25, -0.2) is 14.8 Å². The van der Waals surface area contributed by atoms with Crippen LogP contribution in [0.3, 0.4) is 0 Å². The number of fused-ring (bicyclic) bond motifs is 1. The van der Waals surface area contributed by atoms with E-state index in [1.807, 2.05) is 0 Å². The lowest BCUT2D eigenvalue weighted by Crippen LogP contribution is -2.08. The van der Waals surface area contributed by atoms with Crippen LogP contribution in [0.15, 0.2) is 24.3 Å². The number of aromatic nitrogens is 2. The van der Waals surface area contributed by atoms with Gasteiger partial charge in [-0.1, -0.05) is 12.1 Å². The number of carboxylic acid groups (broad SMARTS) is 1. The van der Waals surface area contributed by atoms with Gasteiger partial charge in [0.15, 0.2) is 5.69 Å². The highest BCUT2D eigenvalue weighted by Gasteiger charge is 2.14. The molecule has 2 aromatic rings. The first-order valence-electron chi connectivity index (χ1n) is 4.10. The van der Waals surface area contributed by atoms with Crippen molar-refractivity contribution in [2.24, 2.45) is 0 Å². The summed E-state index contributed by atoms with van der Waals surface area (Å²) in [5.74, 6) is -1.29. The molecule has 0 saturated heterocycles. The Labute approximate surface area is 84.4 Å². The third-order valence-electron chi connectivity index (χ3n) is 1.87. The Kier molecular flexibility index (Phi) is 2.13. The standard InChI is InChI=1S/C10H5N2O3/c13-5-8-9(10(14)15)12-7-4-2-1-3-6(7)11-8/h1-4H,(H,14,15). The van der Waals surface area contributed by atoms with Crippen molar-refractivity contribution in [3.63, 3.8) is 0 Å². The van der Waals surface area contributed by atoms with Crippen LogP contribution in [0, 0.1) is 0 Å². The average Bonchev–Trinajstić information content (AvgIpc) is 2.27. The molecule has 1 heterocycles. The molecule has 0 atom stereocenters. The van der Waals surface area contributed by atoms with Crippen LogP contribution in [0.1, 0.15) is 16.2 Å². The summed E-state index contributed by atoms with van der Waals surface area (Å²) in [7, 11) is 0. The molecule has 0 aliphatic carbocycles. The van der Waals surface area contributed by atoms with Gasteiger partial charge in [0.05, 0.1) is 11.0 Å². The van der Waals surface area contributed by atoms with Gasteiger partial charge in [-0.2, -0.15) is 0 Å². The first kappa shape index (κ1) is 9.26. The minimum absolute atomic E-state index is 0.277. The van der Waals surface area contributed by atoms with Crippen molar-refractivity contribution in [3.05, 3.63) is 35.7 Å². The zero-order valence-corrected chi connectivity index (χ0v) is 7.47. The van der Waals surface area contributed by atoms with Crippen LogP contribution < -0.4 is 0 Å². The van der Waals surface area contributed by atoms with E-state index in [1.165, 1.54) is 6.29 Å². The molecule has 0 unspecified atom stereocenters. The van der Waals surface area contributed by atoms with Gasteiger partial charge in [-0.15, -0.1) is 0 Å². The monoisotopic (exact) mass is 201 g/mol. The number of nitrogens with zero attached hydrogens (tertiary/aromatic N) is 2. The Hall–Kier alpha value is -2.30. The number of benzene rings is 1. The largest absolute Gasteiger partial charge is 0.476 e. The summed E-state index contributed by atoms with van der Waals surface area (Å²) in [6.07, 6.45) is 1.46. The molecule has 1 aromatic heterocycles. The maximum atomic E-state index is 10.7. The molecule has 0 saturated carbocycles. The van der Waals surface area contributed by atoms with Gasteiger partial charge < -0.3 is 5.11 Å². The van der Waals surface area contributed by atoms with Crippen LogP contribution in [0.5, 0.6) is 0 Å². The van der Waals surface area contributed by atoms with Crippen molar-refractivity contribution in [2.45, 2.75) is 0 Å². The number of aromatic carboxylic acids is 1. The third kappa shape index (κ3) is 1.54. The molecule has 15 heavy (non-hydrogen) atoms. The van der Waals surface area contributed by atoms with E-state index in [0.29, 0.717) is 11.0 Å².